The van der Waals surface area contributed by atoms with Crippen LogP contribution >= 0.6 is 11.6 Å². The van der Waals surface area contributed by atoms with Gasteiger partial charge in [0.05, 0.1) is 4.90 Å². The Bertz CT molecular complexity index is 917. The van der Waals surface area contributed by atoms with Gasteiger partial charge in [-0.2, -0.15) is 0 Å². The van der Waals surface area contributed by atoms with Crippen molar-refractivity contribution in [3.8, 4) is 11.4 Å². The second-order valence-corrected chi connectivity index (χ2v) is 6.75. The first-order valence-electron chi connectivity index (χ1n) is 6.72. The van der Waals surface area contributed by atoms with Gasteiger partial charge in [0.1, 0.15) is 11.0 Å². The predicted molar refractivity (Wildman–Crippen MR) is 89.7 cm³/mol. The van der Waals surface area contributed by atoms with E-state index in [-0.39, 0.29) is 15.9 Å². The summed E-state index contributed by atoms with van der Waals surface area (Å²) in [6, 6.07) is 18.6. The molecule has 1 heterocycles. The van der Waals surface area contributed by atoms with E-state index in [0.717, 1.165) is 5.56 Å². The molecule has 2 aromatic carbocycles. The minimum Gasteiger partial charge on any atom is -0.263 e. The Balaban J connectivity index is 1.97. The number of anilines is 1. The summed E-state index contributed by atoms with van der Waals surface area (Å²) in [4.78, 5) is 8.50. The second-order valence-electron chi connectivity index (χ2n) is 4.68. The molecule has 0 spiro atoms. The van der Waals surface area contributed by atoms with E-state index in [2.05, 4.69) is 14.7 Å². The van der Waals surface area contributed by atoms with Gasteiger partial charge in [-0.25, -0.2) is 18.4 Å². The fraction of sp³-hybridized carbons (Fsp3) is 0. The second kappa shape index (κ2) is 6.36. The molecule has 0 amide bonds. The molecule has 0 atom stereocenters. The third-order valence-corrected chi connectivity index (χ3v) is 4.58. The standard InChI is InChI=1S/C16H12ClN3O2S/c17-14-11-15(19-16(18-14)12-7-3-1-4-8-12)20-23(21,22)13-9-5-2-6-10-13/h1-11H,(H,18,19,20). The van der Waals surface area contributed by atoms with E-state index in [9.17, 15) is 8.42 Å². The molecular weight excluding hydrogens is 334 g/mol. The van der Waals surface area contributed by atoms with Crippen molar-refractivity contribution < 1.29 is 8.42 Å². The van der Waals surface area contributed by atoms with Gasteiger partial charge in [-0.05, 0) is 12.1 Å². The number of halogens is 1. The third kappa shape index (κ3) is 3.67. The van der Waals surface area contributed by atoms with Crippen molar-refractivity contribution in [2.24, 2.45) is 0 Å². The zero-order valence-corrected chi connectivity index (χ0v) is 13.4. The maximum Gasteiger partial charge on any atom is 0.263 e. The van der Waals surface area contributed by atoms with Crippen LogP contribution in [0.15, 0.2) is 71.6 Å². The van der Waals surface area contributed by atoms with Crippen LogP contribution in [0, 0.1) is 0 Å². The molecule has 0 bridgehead atoms. The largest absolute Gasteiger partial charge is 0.263 e. The Kier molecular flexibility index (Phi) is 4.27. The lowest BCUT2D eigenvalue weighted by molar-refractivity contribution is 0.601. The van der Waals surface area contributed by atoms with Crippen molar-refractivity contribution in [1.82, 2.24) is 9.97 Å². The lowest BCUT2D eigenvalue weighted by atomic mass is 10.2. The van der Waals surface area contributed by atoms with Gasteiger partial charge in [0.25, 0.3) is 10.0 Å². The molecule has 0 aliphatic carbocycles. The number of hydrogen-bond acceptors (Lipinski definition) is 4. The SMILES string of the molecule is O=S(=O)(Nc1cc(Cl)nc(-c2ccccc2)n1)c1ccccc1. The van der Waals surface area contributed by atoms with Gasteiger partial charge in [-0.1, -0.05) is 60.1 Å². The lowest BCUT2D eigenvalue weighted by Crippen LogP contribution is -2.14. The molecule has 0 aliphatic heterocycles. The van der Waals surface area contributed by atoms with Crippen LogP contribution in [0.2, 0.25) is 5.15 Å². The first-order chi connectivity index (χ1) is 11.0. The third-order valence-electron chi connectivity index (χ3n) is 3.02. The number of rotatable bonds is 4. The summed E-state index contributed by atoms with van der Waals surface area (Å²) >= 11 is 5.99. The van der Waals surface area contributed by atoms with Crippen LogP contribution in [-0.4, -0.2) is 18.4 Å². The molecule has 3 aromatic rings. The van der Waals surface area contributed by atoms with E-state index < -0.39 is 10.0 Å². The molecule has 5 nitrogen and oxygen atoms in total. The van der Waals surface area contributed by atoms with Gasteiger partial charge in [-0.3, -0.25) is 4.72 Å². The number of hydrogen-bond donors (Lipinski definition) is 1. The summed E-state index contributed by atoms with van der Waals surface area (Å²) < 4.78 is 27.1. The van der Waals surface area contributed by atoms with E-state index in [0.29, 0.717) is 5.82 Å². The minimum atomic E-state index is -3.73. The molecule has 0 saturated heterocycles. The molecule has 7 heteroatoms. The molecule has 0 saturated carbocycles. The van der Waals surface area contributed by atoms with Crippen LogP contribution in [0.1, 0.15) is 0 Å². The van der Waals surface area contributed by atoms with Crippen LogP contribution in [0.3, 0.4) is 0 Å². The summed E-state index contributed by atoms with van der Waals surface area (Å²) in [5, 5.41) is 0.157. The van der Waals surface area contributed by atoms with Crippen LogP contribution in [0.5, 0.6) is 0 Å². The molecule has 0 fully saturated rings. The number of benzene rings is 2. The summed E-state index contributed by atoms with van der Waals surface area (Å²) in [6.45, 7) is 0. The highest BCUT2D eigenvalue weighted by atomic mass is 35.5. The normalized spacial score (nSPS) is 11.2. The topological polar surface area (TPSA) is 72.0 Å². The van der Waals surface area contributed by atoms with Gasteiger partial charge < -0.3 is 0 Å². The van der Waals surface area contributed by atoms with Crippen molar-refractivity contribution in [1.29, 1.82) is 0 Å². The van der Waals surface area contributed by atoms with E-state index in [1.807, 2.05) is 30.3 Å². The highest BCUT2D eigenvalue weighted by Gasteiger charge is 2.15. The van der Waals surface area contributed by atoms with Gasteiger partial charge in [-0.15, -0.1) is 0 Å². The Hall–Kier alpha value is -2.44. The van der Waals surface area contributed by atoms with Gasteiger partial charge in [0.2, 0.25) is 0 Å². The molecule has 0 radical (unpaired) electrons. The molecule has 0 unspecified atom stereocenters. The number of sulfonamides is 1. The average molecular weight is 346 g/mol. The monoisotopic (exact) mass is 345 g/mol. The summed E-state index contributed by atoms with van der Waals surface area (Å²) in [6.07, 6.45) is 0. The van der Waals surface area contributed by atoms with Crippen molar-refractivity contribution in [3.05, 3.63) is 71.9 Å². The van der Waals surface area contributed by atoms with Crippen molar-refractivity contribution in [3.63, 3.8) is 0 Å². The number of aromatic nitrogens is 2. The fourth-order valence-electron chi connectivity index (χ4n) is 1.98. The Labute approximate surface area is 139 Å². The minimum absolute atomic E-state index is 0.118. The molecule has 0 aliphatic rings. The van der Waals surface area contributed by atoms with Gasteiger partial charge >= 0.3 is 0 Å². The van der Waals surface area contributed by atoms with Crippen molar-refractivity contribution in [2.45, 2.75) is 4.90 Å². The predicted octanol–water partition coefficient (Wildman–Crippen LogP) is 3.60. The molecule has 116 valence electrons. The van der Waals surface area contributed by atoms with Crippen LogP contribution < -0.4 is 4.72 Å². The highest BCUT2D eigenvalue weighted by molar-refractivity contribution is 7.92. The Morgan fingerprint density at radius 1 is 0.870 bits per heavy atom. The summed E-state index contributed by atoms with van der Waals surface area (Å²) in [5.41, 5.74) is 0.746. The number of nitrogens with zero attached hydrogens (tertiary/aromatic N) is 2. The average Bonchev–Trinajstić information content (AvgIpc) is 2.55. The van der Waals surface area contributed by atoms with Crippen LogP contribution in [0.4, 0.5) is 5.82 Å². The smallest absolute Gasteiger partial charge is 0.263 e. The zero-order valence-electron chi connectivity index (χ0n) is 11.8. The summed E-state index contributed by atoms with van der Waals surface area (Å²) in [5.74, 6) is 0.469. The molecule has 1 aromatic heterocycles. The molecule has 3 rings (SSSR count). The molecule has 23 heavy (non-hydrogen) atoms. The van der Waals surface area contributed by atoms with Gasteiger partial charge in [0.15, 0.2) is 5.82 Å². The Morgan fingerprint density at radius 3 is 2.13 bits per heavy atom. The highest BCUT2D eigenvalue weighted by Crippen LogP contribution is 2.22. The quantitative estimate of drug-likeness (QED) is 0.733. The first kappa shape index (κ1) is 15.5. The number of nitrogens with one attached hydrogen (secondary N) is 1. The Morgan fingerprint density at radius 2 is 1.48 bits per heavy atom. The van der Waals surface area contributed by atoms with Crippen molar-refractivity contribution >= 4 is 27.4 Å². The molecule has 1 N–H and O–H groups in total. The summed E-state index contributed by atoms with van der Waals surface area (Å²) in [7, 11) is -3.73. The van der Waals surface area contributed by atoms with Crippen molar-refractivity contribution in [2.75, 3.05) is 4.72 Å². The lowest BCUT2D eigenvalue weighted by Gasteiger charge is -2.09. The zero-order chi connectivity index (χ0) is 16.3. The van der Waals surface area contributed by atoms with E-state index in [4.69, 9.17) is 11.6 Å². The maximum atomic E-state index is 12.3. The maximum absolute atomic E-state index is 12.3. The van der Waals surface area contributed by atoms with Crippen LogP contribution in [0.25, 0.3) is 11.4 Å². The van der Waals surface area contributed by atoms with E-state index in [1.165, 1.54) is 18.2 Å². The first-order valence-corrected chi connectivity index (χ1v) is 8.58. The van der Waals surface area contributed by atoms with Crippen LogP contribution in [-0.2, 0) is 10.0 Å². The fourth-order valence-corrected chi connectivity index (χ4v) is 3.18. The van der Waals surface area contributed by atoms with E-state index >= 15 is 0 Å². The van der Waals surface area contributed by atoms with Gasteiger partial charge in [0, 0.05) is 11.6 Å². The van der Waals surface area contributed by atoms with E-state index in [1.54, 1.807) is 18.2 Å². The molecular formula is C16H12ClN3O2S.